The molecule has 0 aliphatic heterocycles. The Labute approximate surface area is 150 Å². The highest BCUT2D eigenvalue weighted by Crippen LogP contribution is 2.44. The minimum Gasteiger partial charge on any atom is -0.449 e. The Hall–Kier alpha value is -3.28. The molecule has 6 heteroatoms. The van der Waals surface area contributed by atoms with E-state index in [9.17, 15) is 9.59 Å². The van der Waals surface area contributed by atoms with Crippen molar-refractivity contribution < 1.29 is 9.53 Å². The molecule has 6 nitrogen and oxygen atoms in total. The van der Waals surface area contributed by atoms with E-state index in [0.29, 0.717) is 18.5 Å². The van der Waals surface area contributed by atoms with Crippen molar-refractivity contribution in [3.8, 4) is 11.1 Å². The monoisotopic (exact) mass is 349 g/mol. The average molecular weight is 349 g/mol. The zero-order chi connectivity index (χ0) is 17.9. The Bertz CT molecular complexity index is 944. The fourth-order valence-electron chi connectivity index (χ4n) is 3.47. The van der Waals surface area contributed by atoms with Crippen molar-refractivity contribution in [3.63, 3.8) is 0 Å². The van der Waals surface area contributed by atoms with Gasteiger partial charge >= 0.3 is 6.09 Å². The van der Waals surface area contributed by atoms with E-state index in [1.807, 2.05) is 24.3 Å². The molecule has 1 aromatic heterocycles. The molecule has 0 bridgehead atoms. The molecule has 2 aromatic carbocycles. The van der Waals surface area contributed by atoms with E-state index < -0.39 is 6.09 Å². The number of aromatic nitrogens is 2. The van der Waals surface area contributed by atoms with Gasteiger partial charge in [0, 0.05) is 24.2 Å². The van der Waals surface area contributed by atoms with Crippen molar-refractivity contribution in [2.45, 2.75) is 12.3 Å². The van der Waals surface area contributed by atoms with Gasteiger partial charge in [-0.25, -0.2) is 4.79 Å². The van der Waals surface area contributed by atoms with Crippen LogP contribution in [0.2, 0.25) is 0 Å². The first-order valence-electron chi connectivity index (χ1n) is 8.58. The van der Waals surface area contributed by atoms with Crippen LogP contribution in [0.3, 0.4) is 0 Å². The zero-order valence-electron chi connectivity index (χ0n) is 14.1. The summed E-state index contributed by atoms with van der Waals surface area (Å²) < 4.78 is 5.45. The van der Waals surface area contributed by atoms with E-state index in [0.717, 1.165) is 0 Å². The van der Waals surface area contributed by atoms with Gasteiger partial charge in [0.15, 0.2) is 0 Å². The van der Waals surface area contributed by atoms with Crippen LogP contribution in [0.15, 0.2) is 59.5 Å². The summed E-state index contributed by atoms with van der Waals surface area (Å²) in [4.78, 5) is 23.4. The summed E-state index contributed by atoms with van der Waals surface area (Å²) in [5.74, 6) is 0.0423. The standard InChI is InChI=1S/C20H19N3O3/c24-19-13(11-22-23-19)9-10-21-20(25)26-12-18-16-7-3-1-5-14(16)15-6-2-4-8-17(15)18/h1-8,11,18H,9-10,12H2,(H,21,25)(H2,22,23,24). The maximum Gasteiger partial charge on any atom is 0.407 e. The van der Waals surface area contributed by atoms with Gasteiger partial charge in [-0.05, 0) is 28.7 Å². The molecular weight excluding hydrogens is 330 g/mol. The first-order valence-corrected chi connectivity index (χ1v) is 8.58. The molecule has 132 valence electrons. The summed E-state index contributed by atoms with van der Waals surface area (Å²) in [5, 5.41) is 7.79. The van der Waals surface area contributed by atoms with Crippen LogP contribution in [0.25, 0.3) is 11.1 Å². The number of benzene rings is 2. The Balaban J connectivity index is 1.38. The summed E-state index contributed by atoms with van der Waals surface area (Å²) in [7, 11) is 0. The number of nitrogens with one attached hydrogen (secondary N) is 3. The number of aromatic amines is 2. The quantitative estimate of drug-likeness (QED) is 0.662. The number of fused-ring (bicyclic) bond motifs is 3. The molecule has 3 aromatic rings. The number of ether oxygens (including phenoxy) is 1. The van der Waals surface area contributed by atoms with Crippen molar-refractivity contribution in [2.75, 3.05) is 13.2 Å². The molecule has 1 heterocycles. The third kappa shape index (κ3) is 3.01. The molecule has 0 spiro atoms. The van der Waals surface area contributed by atoms with Gasteiger partial charge < -0.3 is 15.2 Å². The normalized spacial score (nSPS) is 12.5. The highest BCUT2D eigenvalue weighted by atomic mass is 16.5. The van der Waals surface area contributed by atoms with E-state index >= 15 is 0 Å². The van der Waals surface area contributed by atoms with Crippen molar-refractivity contribution in [1.29, 1.82) is 0 Å². The molecular formula is C20H19N3O3. The largest absolute Gasteiger partial charge is 0.449 e. The summed E-state index contributed by atoms with van der Waals surface area (Å²) in [5.41, 5.74) is 5.19. The Morgan fingerprint density at radius 1 is 1.04 bits per heavy atom. The van der Waals surface area contributed by atoms with Crippen LogP contribution in [0.1, 0.15) is 22.6 Å². The molecule has 4 rings (SSSR count). The average Bonchev–Trinajstić information content (AvgIpc) is 3.21. The maximum absolute atomic E-state index is 12.0. The van der Waals surface area contributed by atoms with Crippen LogP contribution < -0.4 is 10.9 Å². The lowest BCUT2D eigenvalue weighted by molar-refractivity contribution is 0.143. The van der Waals surface area contributed by atoms with Crippen LogP contribution in [0, 0.1) is 0 Å². The lowest BCUT2D eigenvalue weighted by atomic mass is 9.98. The molecule has 0 unspecified atom stereocenters. The van der Waals surface area contributed by atoms with E-state index in [2.05, 4.69) is 39.8 Å². The van der Waals surface area contributed by atoms with Crippen molar-refractivity contribution in [3.05, 3.63) is 81.8 Å². The number of carbonyl (C=O) groups excluding carboxylic acids is 1. The Kier molecular flexibility index (Phi) is 4.31. The molecule has 1 aliphatic carbocycles. The number of hydrogen-bond acceptors (Lipinski definition) is 3. The van der Waals surface area contributed by atoms with E-state index in [4.69, 9.17) is 4.74 Å². The van der Waals surface area contributed by atoms with Crippen LogP contribution in [0.4, 0.5) is 4.79 Å². The van der Waals surface area contributed by atoms with Gasteiger partial charge in [-0.3, -0.25) is 9.89 Å². The lowest BCUT2D eigenvalue weighted by Gasteiger charge is -2.14. The molecule has 0 saturated carbocycles. The van der Waals surface area contributed by atoms with Crippen LogP contribution in [-0.4, -0.2) is 29.4 Å². The van der Waals surface area contributed by atoms with Gasteiger partial charge in [0.05, 0.1) is 0 Å². The van der Waals surface area contributed by atoms with E-state index in [-0.39, 0.29) is 18.1 Å². The third-order valence-corrected chi connectivity index (χ3v) is 4.73. The molecule has 0 saturated heterocycles. The van der Waals surface area contributed by atoms with Gasteiger partial charge in [-0.2, -0.15) is 0 Å². The molecule has 0 fully saturated rings. The number of amides is 1. The zero-order valence-corrected chi connectivity index (χ0v) is 14.1. The molecule has 1 aliphatic rings. The predicted molar refractivity (Wildman–Crippen MR) is 98.2 cm³/mol. The molecule has 3 N–H and O–H groups in total. The van der Waals surface area contributed by atoms with Crippen molar-refractivity contribution in [1.82, 2.24) is 15.5 Å². The van der Waals surface area contributed by atoms with Gasteiger partial charge in [0.1, 0.15) is 6.61 Å². The Morgan fingerprint density at radius 3 is 2.31 bits per heavy atom. The second-order valence-electron chi connectivity index (χ2n) is 6.27. The van der Waals surface area contributed by atoms with Gasteiger partial charge in [0.25, 0.3) is 5.56 Å². The van der Waals surface area contributed by atoms with Crippen LogP contribution in [-0.2, 0) is 11.2 Å². The SMILES string of the molecule is O=C(NCCc1c[nH][nH]c1=O)OCC1c2ccccc2-c2ccccc21. The highest BCUT2D eigenvalue weighted by molar-refractivity contribution is 5.79. The lowest BCUT2D eigenvalue weighted by Crippen LogP contribution is -2.28. The van der Waals surface area contributed by atoms with Gasteiger partial charge in [-0.15, -0.1) is 0 Å². The highest BCUT2D eigenvalue weighted by Gasteiger charge is 2.28. The fourth-order valence-corrected chi connectivity index (χ4v) is 3.47. The summed E-state index contributed by atoms with van der Waals surface area (Å²) >= 11 is 0. The molecule has 0 atom stereocenters. The molecule has 0 radical (unpaired) electrons. The maximum atomic E-state index is 12.0. The summed E-state index contributed by atoms with van der Waals surface area (Å²) in [6.45, 7) is 0.627. The minimum absolute atomic E-state index is 0.0423. The van der Waals surface area contributed by atoms with Gasteiger partial charge in [0.2, 0.25) is 0 Å². The van der Waals surface area contributed by atoms with Crippen LogP contribution >= 0.6 is 0 Å². The minimum atomic E-state index is -0.473. The second kappa shape index (κ2) is 6.92. The first kappa shape index (κ1) is 16.2. The number of H-pyrrole nitrogens is 2. The summed E-state index contributed by atoms with van der Waals surface area (Å²) in [6, 6.07) is 16.4. The van der Waals surface area contributed by atoms with Crippen molar-refractivity contribution in [2.24, 2.45) is 0 Å². The number of rotatable bonds is 5. The first-order chi connectivity index (χ1) is 12.7. The number of hydrogen-bond donors (Lipinski definition) is 3. The van der Waals surface area contributed by atoms with E-state index in [1.54, 1.807) is 6.20 Å². The Morgan fingerprint density at radius 2 is 1.69 bits per heavy atom. The topological polar surface area (TPSA) is 87.0 Å². The molecule has 1 amide bonds. The second-order valence-corrected chi connectivity index (χ2v) is 6.27. The number of alkyl carbamates (subject to hydrolysis) is 1. The molecule has 26 heavy (non-hydrogen) atoms. The fraction of sp³-hybridized carbons (Fsp3) is 0.200. The predicted octanol–water partition coefficient (Wildman–Crippen LogP) is 2.78. The van der Waals surface area contributed by atoms with Crippen molar-refractivity contribution >= 4 is 6.09 Å². The third-order valence-electron chi connectivity index (χ3n) is 4.73. The van der Waals surface area contributed by atoms with Gasteiger partial charge in [-0.1, -0.05) is 48.5 Å². The summed E-state index contributed by atoms with van der Waals surface area (Å²) in [6.07, 6.45) is 1.57. The smallest absolute Gasteiger partial charge is 0.407 e. The number of carbonyl (C=O) groups is 1. The van der Waals surface area contributed by atoms with E-state index in [1.165, 1.54) is 22.3 Å². The van der Waals surface area contributed by atoms with Crippen LogP contribution in [0.5, 0.6) is 0 Å².